The van der Waals surface area contributed by atoms with E-state index >= 15 is 0 Å². The molecule has 0 bridgehead atoms. The first kappa shape index (κ1) is 16.1. The number of aromatic nitrogens is 4. The molecular formula is C18H21N5O. The van der Waals surface area contributed by atoms with Gasteiger partial charge < -0.3 is 10.4 Å². The number of aliphatic hydroxyl groups excluding tert-OH is 1. The third-order valence-electron chi connectivity index (χ3n) is 3.71. The Balaban J connectivity index is 1.63. The van der Waals surface area contributed by atoms with Crippen LogP contribution in [0.4, 0.5) is 5.69 Å². The van der Waals surface area contributed by atoms with Gasteiger partial charge in [0, 0.05) is 17.8 Å². The topological polar surface area (TPSA) is 75.9 Å². The Kier molecular flexibility index (Phi) is 4.86. The van der Waals surface area contributed by atoms with E-state index in [1.165, 1.54) is 11.1 Å². The molecule has 0 saturated carbocycles. The van der Waals surface area contributed by atoms with Gasteiger partial charge >= 0.3 is 0 Å². The summed E-state index contributed by atoms with van der Waals surface area (Å²) < 4.78 is 1.63. The van der Waals surface area contributed by atoms with Crippen LogP contribution in [0.15, 0.2) is 48.5 Å². The molecular weight excluding hydrogens is 302 g/mol. The fourth-order valence-corrected chi connectivity index (χ4v) is 2.70. The van der Waals surface area contributed by atoms with Crippen LogP contribution < -0.4 is 5.32 Å². The fraction of sp³-hybridized carbons (Fsp3) is 0.278. The van der Waals surface area contributed by atoms with Crippen molar-refractivity contribution >= 4 is 5.69 Å². The predicted molar refractivity (Wildman–Crippen MR) is 93.7 cm³/mol. The Hall–Kier alpha value is -2.73. The van der Waals surface area contributed by atoms with Crippen molar-refractivity contribution in [3.05, 3.63) is 59.7 Å². The van der Waals surface area contributed by atoms with Gasteiger partial charge in [0.25, 0.3) is 0 Å². The normalized spacial score (nSPS) is 12.1. The standard InChI is InChI=1S/C18H21N5O/c1-13-8-14(2)10-16(9-13)19-11-17(24)12-23-18(20-21-22-23)15-6-4-3-5-7-15/h3-10,17,19,24H,11-12H2,1-2H3/t17-/m0/s1. The van der Waals surface area contributed by atoms with Gasteiger partial charge in [-0.25, -0.2) is 4.68 Å². The van der Waals surface area contributed by atoms with Gasteiger partial charge in [-0.3, -0.25) is 0 Å². The number of nitrogens with zero attached hydrogens (tertiary/aromatic N) is 4. The van der Waals surface area contributed by atoms with Crippen LogP contribution in [0, 0.1) is 13.8 Å². The van der Waals surface area contributed by atoms with E-state index in [2.05, 4.69) is 52.9 Å². The number of hydrogen-bond acceptors (Lipinski definition) is 5. The van der Waals surface area contributed by atoms with Crippen molar-refractivity contribution < 1.29 is 5.11 Å². The SMILES string of the molecule is Cc1cc(C)cc(NC[C@H](O)Cn2nnnc2-c2ccccc2)c1. The first-order valence-electron chi connectivity index (χ1n) is 7.93. The second-order valence-corrected chi connectivity index (χ2v) is 5.96. The van der Waals surface area contributed by atoms with E-state index in [0.717, 1.165) is 11.3 Å². The van der Waals surface area contributed by atoms with Crippen LogP contribution >= 0.6 is 0 Å². The van der Waals surface area contributed by atoms with Gasteiger partial charge in [0.15, 0.2) is 5.82 Å². The van der Waals surface area contributed by atoms with Crippen LogP contribution in [0.3, 0.4) is 0 Å². The molecule has 0 fully saturated rings. The lowest BCUT2D eigenvalue weighted by molar-refractivity contribution is 0.161. The first-order valence-corrected chi connectivity index (χ1v) is 7.93. The van der Waals surface area contributed by atoms with Crippen molar-refractivity contribution in [3.8, 4) is 11.4 Å². The lowest BCUT2D eigenvalue weighted by atomic mass is 10.1. The van der Waals surface area contributed by atoms with Crippen molar-refractivity contribution in [1.82, 2.24) is 20.2 Å². The Labute approximate surface area is 141 Å². The zero-order valence-corrected chi connectivity index (χ0v) is 13.8. The quantitative estimate of drug-likeness (QED) is 0.728. The highest BCUT2D eigenvalue weighted by atomic mass is 16.3. The molecule has 24 heavy (non-hydrogen) atoms. The van der Waals surface area contributed by atoms with Crippen LogP contribution in [0.2, 0.25) is 0 Å². The minimum absolute atomic E-state index is 0.328. The number of aryl methyl sites for hydroxylation is 2. The number of nitrogens with one attached hydrogen (secondary N) is 1. The van der Waals surface area contributed by atoms with E-state index in [1.807, 2.05) is 30.3 Å². The first-order chi connectivity index (χ1) is 11.6. The van der Waals surface area contributed by atoms with Gasteiger partial charge in [0.1, 0.15) is 0 Å². The number of aliphatic hydroxyl groups is 1. The van der Waals surface area contributed by atoms with Crippen molar-refractivity contribution in [2.45, 2.75) is 26.5 Å². The van der Waals surface area contributed by atoms with Gasteiger partial charge in [-0.1, -0.05) is 36.4 Å². The lowest BCUT2D eigenvalue weighted by Gasteiger charge is -2.14. The second kappa shape index (κ2) is 7.23. The van der Waals surface area contributed by atoms with E-state index in [1.54, 1.807) is 4.68 Å². The molecule has 0 radical (unpaired) electrons. The summed E-state index contributed by atoms with van der Waals surface area (Å²) in [7, 11) is 0. The molecule has 6 nitrogen and oxygen atoms in total. The summed E-state index contributed by atoms with van der Waals surface area (Å²) in [6.45, 7) is 4.87. The summed E-state index contributed by atoms with van der Waals surface area (Å²) in [5.74, 6) is 0.654. The molecule has 0 saturated heterocycles. The van der Waals surface area contributed by atoms with Crippen LogP contribution in [0.5, 0.6) is 0 Å². The third kappa shape index (κ3) is 3.97. The molecule has 0 aliphatic rings. The number of hydrogen-bond donors (Lipinski definition) is 2. The van der Waals surface area contributed by atoms with Gasteiger partial charge in [-0.15, -0.1) is 5.10 Å². The van der Waals surface area contributed by atoms with Crippen LogP contribution in [-0.2, 0) is 6.54 Å². The third-order valence-corrected chi connectivity index (χ3v) is 3.71. The molecule has 2 N–H and O–H groups in total. The lowest BCUT2D eigenvalue weighted by Crippen LogP contribution is -2.26. The molecule has 1 atom stereocenters. The minimum Gasteiger partial charge on any atom is -0.389 e. The van der Waals surface area contributed by atoms with E-state index < -0.39 is 6.10 Å². The van der Waals surface area contributed by atoms with Gasteiger partial charge in [-0.05, 0) is 47.5 Å². The van der Waals surface area contributed by atoms with E-state index in [9.17, 15) is 5.11 Å². The highest BCUT2D eigenvalue weighted by Crippen LogP contribution is 2.16. The zero-order chi connectivity index (χ0) is 16.9. The molecule has 3 aromatic rings. The average molecular weight is 323 g/mol. The van der Waals surface area contributed by atoms with Crippen molar-refractivity contribution in [3.63, 3.8) is 0 Å². The molecule has 6 heteroatoms. The van der Waals surface area contributed by atoms with E-state index in [4.69, 9.17) is 0 Å². The van der Waals surface area contributed by atoms with Crippen LogP contribution in [0.1, 0.15) is 11.1 Å². The van der Waals surface area contributed by atoms with Gasteiger partial charge in [-0.2, -0.15) is 0 Å². The Bertz CT molecular complexity index is 780. The van der Waals surface area contributed by atoms with E-state index in [-0.39, 0.29) is 0 Å². The number of benzene rings is 2. The number of anilines is 1. The summed E-state index contributed by atoms with van der Waals surface area (Å²) in [6.07, 6.45) is -0.600. The van der Waals surface area contributed by atoms with Gasteiger partial charge in [0.2, 0.25) is 0 Å². The molecule has 0 spiro atoms. The Morgan fingerprint density at radius 3 is 2.50 bits per heavy atom. The molecule has 1 heterocycles. The fourth-order valence-electron chi connectivity index (χ4n) is 2.70. The summed E-state index contributed by atoms with van der Waals surface area (Å²) in [5, 5.41) is 25.3. The molecule has 0 amide bonds. The van der Waals surface area contributed by atoms with Crippen molar-refractivity contribution in [2.75, 3.05) is 11.9 Å². The summed E-state index contributed by atoms with van der Waals surface area (Å²) in [5.41, 5.74) is 4.32. The largest absolute Gasteiger partial charge is 0.389 e. The Morgan fingerprint density at radius 1 is 1.08 bits per heavy atom. The van der Waals surface area contributed by atoms with E-state index in [0.29, 0.717) is 18.9 Å². The molecule has 124 valence electrons. The number of rotatable bonds is 6. The molecule has 0 aliphatic carbocycles. The maximum atomic E-state index is 10.3. The second-order valence-electron chi connectivity index (χ2n) is 5.96. The highest BCUT2D eigenvalue weighted by molar-refractivity contribution is 5.54. The highest BCUT2D eigenvalue weighted by Gasteiger charge is 2.13. The maximum absolute atomic E-state index is 10.3. The Morgan fingerprint density at radius 2 is 1.79 bits per heavy atom. The maximum Gasteiger partial charge on any atom is 0.182 e. The van der Waals surface area contributed by atoms with Crippen LogP contribution in [-0.4, -0.2) is 38.0 Å². The molecule has 0 unspecified atom stereocenters. The van der Waals surface area contributed by atoms with Crippen molar-refractivity contribution in [1.29, 1.82) is 0 Å². The summed E-state index contributed by atoms with van der Waals surface area (Å²) in [4.78, 5) is 0. The van der Waals surface area contributed by atoms with Crippen LogP contribution in [0.25, 0.3) is 11.4 Å². The predicted octanol–water partition coefficient (Wildman–Crippen LogP) is 2.43. The molecule has 2 aromatic carbocycles. The molecule has 1 aromatic heterocycles. The molecule has 3 rings (SSSR count). The average Bonchev–Trinajstić information content (AvgIpc) is 3.01. The van der Waals surface area contributed by atoms with Gasteiger partial charge in [0.05, 0.1) is 12.6 Å². The minimum atomic E-state index is -0.600. The smallest absolute Gasteiger partial charge is 0.182 e. The number of tetrazole rings is 1. The zero-order valence-electron chi connectivity index (χ0n) is 13.8. The van der Waals surface area contributed by atoms with Crippen molar-refractivity contribution in [2.24, 2.45) is 0 Å². The monoisotopic (exact) mass is 323 g/mol. The molecule has 0 aliphatic heterocycles. The summed E-state index contributed by atoms with van der Waals surface area (Å²) in [6, 6.07) is 16.0. The summed E-state index contributed by atoms with van der Waals surface area (Å²) >= 11 is 0.